The van der Waals surface area contributed by atoms with Crippen LogP contribution in [0.2, 0.25) is 0 Å². The predicted molar refractivity (Wildman–Crippen MR) is 172 cm³/mol. The molecule has 2 N–H and O–H groups in total. The fourth-order valence-corrected chi connectivity index (χ4v) is 8.30. The topological polar surface area (TPSA) is 102 Å². The van der Waals surface area contributed by atoms with E-state index < -0.39 is 10.0 Å². The maximum absolute atomic E-state index is 14.3. The number of fused-ring (bicyclic) bond motifs is 3. The monoisotopic (exact) mass is 601 g/mol. The molecule has 2 unspecified atom stereocenters. The van der Waals surface area contributed by atoms with Crippen molar-refractivity contribution in [3.8, 4) is 11.1 Å². The molecule has 2 aromatic heterocycles. The molecule has 9 heteroatoms. The lowest BCUT2D eigenvalue weighted by Gasteiger charge is -2.25. The molecule has 8 rings (SSSR count). The Bertz CT molecular complexity index is 2080. The van der Waals surface area contributed by atoms with Crippen molar-refractivity contribution in [3.63, 3.8) is 0 Å². The number of H-pyrrole nitrogens is 1. The zero-order valence-electron chi connectivity index (χ0n) is 23.9. The average molecular weight is 602 g/mol. The first-order valence-corrected chi connectivity index (χ1v) is 16.3. The molecule has 1 saturated heterocycles. The number of nitrogens with zero attached hydrogens (tertiary/aromatic N) is 4. The molecule has 6 aromatic rings. The molecule has 1 aliphatic carbocycles. The highest BCUT2D eigenvalue weighted by Crippen LogP contribution is 2.51. The number of piperidine rings is 1. The quantitative estimate of drug-likeness (QED) is 0.223. The third-order valence-corrected chi connectivity index (χ3v) is 10.9. The Kier molecular flexibility index (Phi) is 6.48. The van der Waals surface area contributed by atoms with Crippen molar-refractivity contribution in [1.82, 2.24) is 19.9 Å². The molecule has 4 aromatic carbocycles. The number of aliphatic hydroxyl groups excluding tert-OH is 1. The average Bonchev–Trinajstić information content (AvgIpc) is 3.34. The van der Waals surface area contributed by atoms with E-state index >= 15 is 0 Å². The summed E-state index contributed by atoms with van der Waals surface area (Å²) in [7, 11) is -4.04. The molecule has 8 nitrogen and oxygen atoms in total. The van der Waals surface area contributed by atoms with Gasteiger partial charge < -0.3 is 10.1 Å². The second-order valence-electron chi connectivity index (χ2n) is 11.8. The molecule has 0 amide bonds. The van der Waals surface area contributed by atoms with Gasteiger partial charge in [0.1, 0.15) is 6.33 Å². The first-order chi connectivity index (χ1) is 21.5. The summed E-state index contributed by atoms with van der Waals surface area (Å²) in [5.74, 6) is 2.11. The Morgan fingerprint density at radius 3 is 2.41 bits per heavy atom. The summed E-state index contributed by atoms with van der Waals surface area (Å²) in [6.07, 6.45) is 3.25. The van der Waals surface area contributed by atoms with Crippen molar-refractivity contribution in [2.75, 3.05) is 24.0 Å². The standard InChI is InChI=1S/C35H31N5O3S/c41-21-32-30-19-39(20-31(30)32)18-23-6-8-24(9-7-23)25-10-12-34-29(17-25)35(38-22-37-34)40(44(42,43)28-4-2-1-3-5-28)27-11-13-33-26(16-27)14-15-36-33/h1-17,22,30-32,36,41H,18-21H2. The number of nitrogens with one attached hydrogen (secondary N) is 1. The summed E-state index contributed by atoms with van der Waals surface area (Å²) in [6, 6.07) is 30.4. The molecule has 44 heavy (non-hydrogen) atoms. The minimum absolute atomic E-state index is 0.176. The lowest BCUT2D eigenvalue weighted by molar-refractivity contribution is 0.217. The minimum atomic E-state index is -4.04. The summed E-state index contributed by atoms with van der Waals surface area (Å²) in [5.41, 5.74) is 5.29. The van der Waals surface area contributed by atoms with Crippen molar-refractivity contribution >= 4 is 43.3 Å². The minimum Gasteiger partial charge on any atom is -0.396 e. The zero-order valence-corrected chi connectivity index (χ0v) is 24.7. The maximum atomic E-state index is 14.3. The summed E-state index contributed by atoms with van der Waals surface area (Å²) < 4.78 is 29.9. The van der Waals surface area contributed by atoms with Gasteiger partial charge in [0.05, 0.1) is 16.1 Å². The Hall–Kier alpha value is -4.57. The number of anilines is 2. The van der Waals surface area contributed by atoms with E-state index in [0.717, 1.165) is 41.7 Å². The molecule has 0 spiro atoms. The Morgan fingerprint density at radius 1 is 0.864 bits per heavy atom. The Balaban J connectivity index is 1.17. The van der Waals surface area contributed by atoms with Crippen LogP contribution in [0.1, 0.15) is 5.56 Å². The van der Waals surface area contributed by atoms with Gasteiger partial charge in [-0.15, -0.1) is 0 Å². The molecule has 1 aliphatic heterocycles. The van der Waals surface area contributed by atoms with E-state index in [1.807, 2.05) is 42.6 Å². The fourth-order valence-electron chi connectivity index (χ4n) is 6.82. The number of sulfonamides is 1. The highest BCUT2D eigenvalue weighted by molar-refractivity contribution is 7.93. The third-order valence-electron chi connectivity index (χ3n) is 9.21. The first-order valence-electron chi connectivity index (χ1n) is 14.8. The van der Waals surface area contributed by atoms with Gasteiger partial charge in [-0.1, -0.05) is 48.5 Å². The number of benzene rings is 4. The second-order valence-corrected chi connectivity index (χ2v) is 13.6. The smallest absolute Gasteiger partial charge is 0.269 e. The van der Waals surface area contributed by atoms with Crippen molar-refractivity contribution in [2.24, 2.45) is 17.8 Å². The van der Waals surface area contributed by atoms with Crippen LogP contribution >= 0.6 is 0 Å². The van der Waals surface area contributed by atoms with Gasteiger partial charge >= 0.3 is 0 Å². The lowest BCUT2D eigenvalue weighted by atomic mass is 10.0. The predicted octanol–water partition coefficient (Wildman–Crippen LogP) is 5.98. The molecule has 1 saturated carbocycles. The molecule has 3 heterocycles. The molecule has 2 atom stereocenters. The van der Waals surface area contributed by atoms with Crippen molar-refractivity contribution < 1.29 is 13.5 Å². The Labute approximate surface area is 255 Å². The van der Waals surface area contributed by atoms with E-state index in [9.17, 15) is 13.5 Å². The number of aromatic amines is 1. The van der Waals surface area contributed by atoms with Gasteiger partial charge in [-0.05, 0) is 83.0 Å². The van der Waals surface area contributed by atoms with Crippen molar-refractivity contribution in [1.29, 1.82) is 0 Å². The van der Waals surface area contributed by atoms with Gasteiger partial charge in [0.25, 0.3) is 10.0 Å². The van der Waals surface area contributed by atoms with E-state index in [2.05, 4.69) is 44.1 Å². The van der Waals surface area contributed by atoms with E-state index in [-0.39, 0.29) is 4.90 Å². The fraction of sp³-hybridized carbons (Fsp3) is 0.200. The number of likely N-dealkylation sites (tertiary alicyclic amines) is 1. The van der Waals surface area contributed by atoms with Crippen LogP contribution < -0.4 is 4.31 Å². The van der Waals surface area contributed by atoms with Gasteiger partial charge in [0, 0.05) is 48.7 Å². The molecule has 0 radical (unpaired) electrons. The molecule has 220 valence electrons. The SMILES string of the molecule is O=S(=O)(c1ccccc1)N(c1ccc2[nH]ccc2c1)c1ncnc2ccc(-c3ccc(CN4CC5C(CO)C5C4)cc3)cc12. The molecular formula is C35H31N5O3S. The van der Waals surface area contributed by atoms with Crippen LogP contribution in [0.4, 0.5) is 11.5 Å². The number of hydrogen-bond acceptors (Lipinski definition) is 6. The summed E-state index contributed by atoms with van der Waals surface area (Å²) >= 11 is 0. The highest BCUT2D eigenvalue weighted by atomic mass is 32.2. The maximum Gasteiger partial charge on any atom is 0.269 e. The van der Waals surface area contributed by atoms with Gasteiger partial charge in [-0.25, -0.2) is 22.7 Å². The molecular weight excluding hydrogens is 570 g/mol. The van der Waals surface area contributed by atoms with Crippen LogP contribution in [-0.2, 0) is 16.6 Å². The second kappa shape index (κ2) is 10.6. The van der Waals surface area contributed by atoms with Crippen LogP contribution in [0.5, 0.6) is 0 Å². The van der Waals surface area contributed by atoms with Crippen molar-refractivity contribution in [2.45, 2.75) is 11.4 Å². The van der Waals surface area contributed by atoms with E-state index in [1.165, 1.54) is 16.2 Å². The number of hydrogen-bond donors (Lipinski definition) is 2. The lowest BCUT2D eigenvalue weighted by Crippen LogP contribution is -2.27. The van der Waals surface area contributed by atoms with Gasteiger partial charge in [-0.3, -0.25) is 4.90 Å². The number of aromatic nitrogens is 3. The molecule has 2 aliphatic rings. The van der Waals surface area contributed by atoms with Crippen molar-refractivity contribution in [3.05, 3.63) is 115 Å². The molecule has 0 bridgehead atoms. The van der Waals surface area contributed by atoms with E-state index in [4.69, 9.17) is 0 Å². The Morgan fingerprint density at radius 2 is 1.64 bits per heavy atom. The first kappa shape index (κ1) is 27.0. The van der Waals surface area contributed by atoms with Crippen LogP contribution in [0.15, 0.2) is 114 Å². The van der Waals surface area contributed by atoms with Crippen LogP contribution in [0.3, 0.4) is 0 Å². The normalized spacial score (nSPS) is 19.8. The summed E-state index contributed by atoms with van der Waals surface area (Å²) in [6.45, 7) is 3.34. The van der Waals surface area contributed by atoms with Crippen LogP contribution in [-0.4, -0.2) is 53.1 Å². The largest absolute Gasteiger partial charge is 0.396 e. The van der Waals surface area contributed by atoms with Gasteiger partial charge in [0.2, 0.25) is 0 Å². The number of rotatable bonds is 8. The summed E-state index contributed by atoms with van der Waals surface area (Å²) in [4.78, 5) is 14.9. The van der Waals surface area contributed by atoms with Crippen LogP contribution in [0, 0.1) is 17.8 Å². The molecule has 2 fully saturated rings. The van der Waals surface area contributed by atoms with Gasteiger partial charge in [-0.2, -0.15) is 0 Å². The third kappa shape index (κ3) is 4.64. The van der Waals surface area contributed by atoms with Gasteiger partial charge in [0.15, 0.2) is 5.82 Å². The highest BCUT2D eigenvalue weighted by Gasteiger charge is 2.54. The van der Waals surface area contributed by atoms with Crippen LogP contribution in [0.25, 0.3) is 32.9 Å². The summed E-state index contributed by atoms with van der Waals surface area (Å²) in [5, 5.41) is 11.0. The number of aliphatic hydroxyl groups is 1. The zero-order chi connectivity index (χ0) is 29.8. The van der Waals surface area contributed by atoms with E-state index in [1.54, 1.807) is 36.4 Å². The van der Waals surface area contributed by atoms with E-state index in [0.29, 0.717) is 46.8 Å².